The zero-order chi connectivity index (χ0) is 10.5. The van der Waals surface area contributed by atoms with Crippen LogP contribution in [0, 0.1) is 11.8 Å². The Hall–Kier alpha value is -0.0400. The standard InChI is InChI=1S/C12H27N/c1-6-10(3)8-11(4)9-12(5,13)7-2/h10-11H,6-9,13H2,1-5H3. The molecule has 0 heterocycles. The lowest BCUT2D eigenvalue weighted by Crippen LogP contribution is -2.37. The molecular formula is C12H27N. The third-order valence-corrected chi connectivity index (χ3v) is 3.12. The summed E-state index contributed by atoms with van der Waals surface area (Å²) in [6.07, 6.45) is 4.85. The molecule has 0 bridgehead atoms. The van der Waals surface area contributed by atoms with Crippen LogP contribution in [0.25, 0.3) is 0 Å². The average molecular weight is 185 g/mol. The minimum atomic E-state index is 0.0485. The van der Waals surface area contributed by atoms with Crippen LogP contribution in [0.4, 0.5) is 0 Å². The summed E-state index contributed by atoms with van der Waals surface area (Å²) in [6.45, 7) is 11.3. The normalized spacial score (nSPS) is 20.8. The van der Waals surface area contributed by atoms with Gasteiger partial charge in [-0.05, 0) is 38.0 Å². The minimum Gasteiger partial charge on any atom is -0.325 e. The van der Waals surface area contributed by atoms with E-state index in [-0.39, 0.29) is 5.54 Å². The number of hydrogen-bond acceptors (Lipinski definition) is 1. The van der Waals surface area contributed by atoms with Gasteiger partial charge in [0.1, 0.15) is 0 Å². The molecule has 0 aliphatic rings. The van der Waals surface area contributed by atoms with Crippen molar-refractivity contribution < 1.29 is 0 Å². The predicted molar refractivity (Wildman–Crippen MR) is 60.7 cm³/mol. The van der Waals surface area contributed by atoms with Crippen molar-refractivity contribution in [3.8, 4) is 0 Å². The Balaban J connectivity index is 3.79. The highest BCUT2D eigenvalue weighted by Crippen LogP contribution is 2.23. The molecule has 80 valence electrons. The van der Waals surface area contributed by atoms with Gasteiger partial charge in [-0.1, -0.05) is 34.1 Å². The van der Waals surface area contributed by atoms with Crippen LogP contribution in [0.3, 0.4) is 0 Å². The summed E-state index contributed by atoms with van der Waals surface area (Å²) in [5.41, 5.74) is 6.18. The maximum Gasteiger partial charge on any atom is 0.0125 e. The SMILES string of the molecule is CCC(C)CC(C)CC(C)(N)CC. The molecule has 0 saturated carbocycles. The van der Waals surface area contributed by atoms with Gasteiger partial charge in [0.15, 0.2) is 0 Å². The molecule has 0 aliphatic heterocycles. The van der Waals surface area contributed by atoms with Crippen molar-refractivity contribution in [3.63, 3.8) is 0 Å². The van der Waals surface area contributed by atoms with Crippen molar-refractivity contribution in [2.75, 3.05) is 0 Å². The lowest BCUT2D eigenvalue weighted by atomic mass is 9.84. The van der Waals surface area contributed by atoms with Gasteiger partial charge >= 0.3 is 0 Å². The maximum atomic E-state index is 6.13. The van der Waals surface area contributed by atoms with Crippen LogP contribution >= 0.6 is 0 Å². The van der Waals surface area contributed by atoms with Crippen LogP contribution in [0.15, 0.2) is 0 Å². The third kappa shape index (κ3) is 6.09. The van der Waals surface area contributed by atoms with Crippen LogP contribution in [-0.4, -0.2) is 5.54 Å². The molecule has 1 nitrogen and oxygen atoms in total. The van der Waals surface area contributed by atoms with E-state index in [0.29, 0.717) is 0 Å². The summed E-state index contributed by atoms with van der Waals surface area (Å²) in [7, 11) is 0. The average Bonchev–Trinajstić information content (AvgIpc) is 2.03. The molecule has 0 aromatic carbocycles. The highest BCUT2D eigenvalue weighted by Gasteiger charge is 2.20. The minimum absolute atomic E-state index is 0.0485. The number of nitrogens with two attached hydrogens (primary N) is 1. The molecule has 13 heavy (non-hydrogen) atoms. The fourth-order valence-corrected chi connectivity index (χ4v) is 1.88. The van der Waals surface area contributed by atoms with E-state index < -0.39 is 0 Å². The van der Waals surface area contributed by atoms with Crippen molar-refractivity contribution in [2.24, 2.45) is 17.6 Å². The van der Waals surface area contributed by atoms with Crippen LogP contribution in [0.2, 0.25) is 0 Å². The van der Waals surface area contributed by atoms with Crippen LogP contribution in [0.1, 0.15) is 60.3 Å². The summed E-state index contributed by atoms with van der Waals surface area (Å²) in [5, 5.41) is 0. The van der Waals surface area contributed by atoms with E-state index in [1.807, 2.05) is 0 Å². The van der Waals surface area contributed by atoms with Gasteiger partial charge in [-0.3, -0.25) is 0 Å². The Morgan fingerprint density at radius 2 is 1.69 bits per heavy atom. The van der Waals surface area contributed by atoms with Gasteiger partial charge in [0.2, 0.25) is 0 Å². The third-order valence-electron chi connectivity index (χ3n) is 3.12. The zero-order valence-corrected chi connectivity index (χ0v) is 10.1. The second-order valence-corrected chi connectivity index (χ2v) is 5.07. The molecule has 0 aromatic rings. The molecule has 2 N–H and O–H groups in total. The summed E-state index contributed by atoms with van der Waals surface area (Å²) >= 11 is 0. The molecule has 0 spiro atoms. The first kappa shape index (κ1) is 13.0. The Bertz CT molecular complexity index is 129. The molecule has 0 aromatic heterocycles. The monoisotopic (exact) mass is 185 g/mol. The second-order valence-electron chi connectivity index (χ2n) is 5.07. The van der Waals surface area contributed by atoms with E-state index in [1.54, 1.807) is 0 Å². The quantitative estimate of drug-likeness (QED) is 0.672. The first-order valence-electron chi connectivity index (χ1n) is 5.70. The largest absolute Gasteiger partial charge is 0.325 e. The number of hydrogen-bond donors (Lipinski definition) is 1. The van der Waals surface area contributed by atoms with Gasteiger partial charge in [-0.25, -0.2) is 0 Å². The lowest BCUT2D eigenvalue weighted by Gasteiger charge is -2.27. The molecule has 1 heteroatoms. The second kappa shape index (κ2) is 5.64. The fraction of sp³-hybridized carbons (Fsp3) is 1.00. The molecule has 0 amide bonds. The summed E-state index contributed by atoms with van der Waals surface area (Å²) in [4.78, 5) is 0. The van der Waals surface area contributed by atoms with E-state index in [1.165, 1.54) is 12.8 Å². The molecule has 3 atom stereocenters. The molecule has 0 rings (SSSR count). The zero-order valence-electron chi connectivity index (χ0n) is 10.1. The van der Waals surface area contributed by atoms with Crippen LogP contribution < -0.4 is 5.73 Å². The molecule has 0 fully saturated rings. The van der Waals surface area contributed by atoms with Gasteiger partial charge in [-0.2, -0.15) is 0 Å². The van der Waals surface area contributed by atoms with Crippen LogP contribution in [0.5, 0.6) is 0 Å². The highest BCUT2D eigenvalue weighted by atomic mass is 14.7. The predicted octanol–water partition coefficient (Wildman–Crippen LogP) is 3.58. The van der Waals surface area contributed by atoms with Gasteiger partial charge in [0.25, 0.3) is 0 Å². The van der Waals surface area contributed by atoms with Crippen molar-refractivity contribution in [2.45, 2.75) is 65.8 Å². The van der Waals surface area contributed by atoms with Gasteiger partial charge in [0.05, 0.1) is 0 Å². The topological polar surface area (TPSA) is 26.0 Å². The summed E-state index contributed by atoms with van der Waals surface area (Å²) in [6, 6.07) is 0. The molecular weight excluding hydrogens is 158 g/mol. The smallest absolute Gasteiger partial charge is 0.0125 e. The van der Waals surface area contributed by atoms with E-state index in [4.69, 9.17) is 5.73 Å². The Morgan fingerprint density at radius 1 is 1.15 bits per heavy atom. The van der Waals surface area contributed by atoms with Crippen molar-refractivity contribution >= 4 is 0 Å². The Labute approximate surface area is 84.1 Å². The first-order valence-corrected chi connectivity index (χ1v) is 5.70. The highest BCUT2D eigenvalue weighted by molar-refractivity contribution is 4.79. The maximum absolute atomic E-state index is 6.13. The summed E-state index contributed by atoms with van der Waals surface area (Å²) in [5.74, 6) is 1.62. The Morgan fingerprint density at radius 3 is 2.08 bits per heavy atom. The van der Waals surface area contributed by atoms with E-state index >= 15 is 0 Å². The molecule has 0 aliphatic carbocycles. The molecule has 3 unspecified atom stereocenters. The van der Waals surface area contributed by atoms with E-state index in [9.17, 15) is 0 Å². The number of rotatable bonds is 6. The van der Waals surface area contributed by atoms with Crippen molar-refractivity contribution in [1.82, 2.24) is 0 Å². The van der Waals surface area contributed by atoms with Gasteiger partial charge < -0.3 is 5.73 Å². The van der Waals surface area contributed by atoms with Crippen molar-refractivity contribution in [3.05, 3.63) is 0 Å². The van der Waals surface area contributed by atoms with Crippen molar-refractivity contribution in [1.29, 1.82) is 0 Å². The summed E-state index contributed by atoms with van der Waals surface area (Å²) < 4.78 is 0. The van der Waals surface area contributed by atoms with Gasteiger partial charge in [-0.15, -0.1) is 0 Å². The Kier molecular flexibility index (Phi) is 5.62. The fourth-order valence-electron chi connectivity index (χ4n) is 1.88. The lowest BCUT2D eigenvalue weighted by molar-refractivity contribution is 0.300. The van der Waals surface area contributed by atoms with Gasteiger partial charge in [0, 0.05) is 5.54 Å². The van der Waals surface area contributed by atoms with E-state index in [0.717, 1.165) is 24.7 Å². The first-order chi connectivity index (χ1) is 5.91. The molecule has 0 saturated heterocycles. The molecule has 0 radical (unpaired) electrons. The van der Waals surface area contributed by atoms with E-state index in [2.05, 4.69) is 34.6 Å². The van der Waals surface area contributed by atoms with Crippen LogP contribution in [-0.2, 0) is 0 Å².